The fourth-order valence-corrected chi connectivity index (χ4v) is 1.50. The van der Waals surface area contributed by atoms with Gasteiger partial charge >= 0.3 is 0 Å². The number of hydrogen-bond donors (Lipinski definition) is 0. The second-order valence-corrected chi connectivity index (χ2v) is 3.24. The van der Waals surface area contributed by atoms with Crippen molar-refractivity contribution in [1.29, 1.82) is 0 Å². The molecule has 0 unspecified atom stereocenters. The Hall–Kier alpha value is -1.16. The number of carbonyl (C=O) groups excluding carboxylic acids is 1. The molecule has 1 fully saturated rings. The van der Waals surface area contributed by atoms with Crippen LogP contribution in [0.1, 0.15) is 12.8 Å². The Morgan fingerprint density at radius 2 is 2.31 bits per heavy atom. The number of halogens is 1. The number of anilines is 1. The van der Waals surface area contributed by atoms with Gasteiger partial charge in [-0.05, 0) is 6.42 Å². The third-order valence-corrected chi connectivity index (χ3v) is 2.18. The van der Waals surface area contributed by atoms with Gasteiger partial charge in [0.2, 0.25) is 5.91 Å². The van der Waals surface area contributed by atoms with Crippen LogP contribution >= 0.6 is 11.6 Å². The molecule has 0 radical (unpaired) electrons. The standard InChI is InChI=1S/C8H8ClN3O/c9-6-4-7(11-5-10-6)12-3-1-2-8(12)13/h4-5H,1-3H2. The second kappa shape index (κ2) is 3.30. The van der Waals surface area contributed by atoms with Gasteiger partial charge < -0.3 is 0 Å². The molecule has 0 atom stereocenters. The van der Waals surface area contributed by atoms with Crippen LogP contribution in [0.4, 0.5) is 5.82 Å². The molecule has 0 N–H and O–H groups in total. The minimum Gasteiger partial charge on any atom is -0.297 e. The highest BCUT2D eigenvalue weighted by atomic mass is 35.5. The number of hydrogen-bond acceptors (Lipinski definition) is 3. The van der Waals surface area contributed by atoms with Crippen molar-refractivity contribution in [2.45, 2.75) is 12.8 Å². The highest BCUT2D eigenvalue weighted by Crippen LogP contribution is 2.19. The highest BCUT2D eigenvalue weighted by Gasteiger charge is 2.22. The molecule has 1 amide bonds. The molecule has 68 valence electrons. The predicted molar refractivity (Wildman–Crippen MR) is 48.6 cm³/mol. The molecule has 0 spiro atoms. The van der Waals surface area contributed by atoms with E-state index in [4.69, 9.17) is 11.6 Å². The van der Waals surface area contributed by atoms with Crippen LogP contribution in [0.15, 0.2) is 12.4 Å². The monoisotopic (exact) mass is 197 g/mol. The van der Waals surface area contributed by atoms with Gasteiger partial charge in [0.1, 0.15) is 17.3 Å². The van der Waals surface area contributed by atoms with Gasteiger partial charge in [0.25, 0.3) is 0 Å². The average Bonchev–Trinajstić information content (AvgIpc) is 2.51. The Morgan fingerprint density at radius 1 is 1.46 bits per heavy atom. The fraction of sp³-hybridized carbons (Fsp3) is 0.375. The van der Waals surface area contributed by atoms with Crippen LogP contribution in [-0.2, 0) is 4.79 Å². The smallest absolute Gasteiger partial charge is 0.228 e. The summed E-state index contributed by atoms with van der Waals surface area (Å²) in [5.41, 5.74) is 0. The lowest BCUT2D eigenvalue weighted by Gasteiger charge is -2.13. The van der Waals surface area contributed by atoms with Crippen molar-refractivity contribution in [2.24, 2.45) is 0 Å². The molecule has 0 saturated carbocycles. The van der Waals surface area contributed by atoms with Crippen molar-refractivity contribution in [1.82, 2.24) is 9.97 Å². The van der Waals surface area contributed by atoms with Crippen LogP contribution < -0.4 is 4.90 Å². The molecular formula is C8H8ClN3O. The zero-order valence-electron chi connectivity index (χ0n) is 6.90. The van der Waals surface area contributed by atoms with Gasteiger partial charge in [0, 0.05) is 19.0 Å². The lowest BCUT2D eigenvalue weighted by molar-refractivity contribution is -0.117. The lowest BCUT2D eigenvalue weighted by Crippen LogP contribution is -2.24. The zero-order valence-corrected chi connectivity index (χ0v) is 7.66. The van der Waals surface area contributed by atoms with Crippen molar-refractivity contribution in [3.8, 4) is 0 Å². The Balaban J connectivity index is 2.29. The summed E-state index contributed by atoms with van der Waals surface area (Å²) in [4.78, 5) is 20.7. The molecule has 1 saturated heterocycles. The summed E-state index contributed by atoms with van der Waals surface area (Å²) < 4.78 is 0. The van der Waals surface area contributed by atoms with E-state index in [9.17, 15) is 4.79 Å². The third-order valence-electron chi connectivity index (χ3n) is 1.97. The minimum atomic E-state index is 0.106. The van der Waals surface area contributed by atoms with Gasteiger partial charge in [-0.15, -0.1) is 0 Å². The lowest BCUT2D eigenvalue weighted by atomic mass is 10.4. The van der Waals surface area contributed by atoms with Gasteiger partial charge in [0.05, 0.1) is 0 Å². The zero-order chi connectivity index (χ0) is 9.26. The summed E-state index contributed by atoms with van der Waals surface area (Å²) in [6.07, 6.45) is 2.85. The van der Waals surface area contributed by atoms with Crippen molar-refractivity contribution in [3.05, 3.63) is 17.5 Å². The first-order valence-electron chi connectivity index (χ1n) is 4.05. The van der Waals surface area contributed by atoms with E-state index in [0.717, 1.165) is 13.0 Å². The van der Waals surface area contributed by atoms with Crippen LogP contribution in [0, 0.1) is 0 Å². The van der Waals surface area contributed by atoms with Crippen LogP contribution in [0.2, 0.25) is 5.15 Å². The predicted octanol–water partition coefficient (Wildman–Crippen LogP) is 1.26. The number of rotatable bonds is 1. The van der Waals surface area contributed by atoms with E-state index in [2.05, 4.69) is 9.97 Å². The molecule has 0 bridgehead atoms. The van der Waals surface area contributed by atoms with E-state index < -0.39 is 0 Å². The summed E-state index contributed by atoms with van der Waals surface area (Å²) >= 11 is 5.68. The van der Waals surface area contributed by atoms with Crippen molar-refractivity contribution in [2.75, 3.05) is 11.4 Å². The molecule has 2 rings (SSSR count). The van der Waals surface area contributed by atoms with E-state index >= 15 is 0 Å². The summed E-state index contributed by atoms with van der Waals surface area (Å²) in [6.45, 7) is 0.728. The molecular weight excluding hydrogens is 190 g/mol. The molecule has 1 aliphatic rings. The first kappa shape index (κ1) is 8.44. The van der Waals surface area contributed by atoms with Crippen LogP contribution in [0.25, 0.3) is 0 Å². The number of amides is 1. The Morgan fingerprint density at radius 3 is 2.92 bits per heavy atom. The highest BCUT2D eigenvalue weighted by molar-refractivity contribution is 6.29. The molecule has 2 heterocycles. The molecule has 0 aromatic carbocycles. The maximum absolute atomic E-state index is 11.3. The van der Waals surface area contributed by atoms with Gasteiger partial charge in [-0.3, -0.25) is 9.69 Å². The summed E-state index contributed by atoms with van der Waals surface area (Å²) in [5, 5.41) is 0.365. The molecule has 0 aliphatic carbocycles. The average molecular weight is 198 g/mol. The minimum absolute atomic E-state index is 0.106. The number of nitrogens with zero attached hydrogens (tertiary/aromatic N) is 3. The largest absolute Gasteiger partial charge is 0.297 e. The summed E-state index contributed by atoms with van der Waals surface area (Å²) in [7, 11) is 0. The van der Waals surface area contributed by atoms with E-state index in [1.165, 1.54) is 6.33 Å². The Kier molecular flexibility index (Phi) is 2.14. The molecule has 4 nitrogen and oxygen atoms in total. The summed E-state index contributed by atoms with van der Waals surface area (Å²) in [5.74, 6) is 0.706. The van der Waals surface area contributed by atoms with Crippen LogP contribution in [0.3, 0.4) is 0 Å². The molecule has 5 heteroatoms. The summed E-state index contributed by atoms with van der Waals surface area (Å²) in [6, 6.07) is 1.60. The van der Waals surface area contributed by atoms with Crippen LogP contribution in [-0.4, -0.2) is 22.4 Å². The molecule has 1 aliphatic heterocycles. The molecule has 1 aromatic heterocycles. The van der Waals surface area contributed by atoms with Crippen LogP contribution in [0.5, 0.6) is 0 Å². The molecule has 1 aromatic rings. The maximum atomic E-state index is 11.3. The number of carbonyl (C=O) groups is 1. The van der Waals surface area contributed by atoms with E-state index in [1.807, 2.05) is 0 Å². The van der Waals surface area contributed by atoms with E-state index in [-0.39, 0.29) is 5.91 Å². The first-order valence-corrected chi connectivity index (χ1v) is 4.43. The normalized spacial score (nSPS) is 16.7. The second-order valence-electron chi connectivity index (χ2n) is 2.85. The van der Waals surface area contributed by atoms with Crippen molar-refractivity contribution < 1.29 is 4.79 Å². The van der Waals surface area contributed by atoms with Crippen molar-refractivity contribution >= 4 is 23.3 Å². The quantitative estimate of drug-likeness (QED) is 0.637. The van der Waals surface area contributed by atoms with Gasteiger partial charge in [0.15, 0.2) is 0 Å². The van der Waals surface area contributed by atoms with Gasteiger partial charge in [-0.2, -0.15) is 0 Å². The third kappa shape index (κ3) is 1.62. The van der Waals surface area contributed by atoms with E-state index in [0.29, 0.717) is 17.4 Å². The Bertz CT molecular complexity index is 342. The van der Waals surface area contributed by atoms with Crippen molar-refractivity contribution in [3.63, 3.8) is 0 Å². The van der Waals surface area contributed by atoms with E-state index in [1.54, 1.807) is 11.0 Å². The first-order chi connectivity index (χ1) is 6.27. The Labute approximate surface area is 80.5 Å². The fourth-order valence-electron chi connectivity index (χ4n) is 1.36. The van der Waals surface area contributed by atoms with Gasteiger partial charge in [-0.1, -0.05) is 11.6 Å². The maximum Gasteiger partial charge on any atom is 0.228 e. The SMILES string of the molecule is O=C1CCCN1c1cc(Cl)ncn1. The molecule has 13 heavy (non-hydrogen) atoms. The number of aromatic nitrogens is 2. The van der Waals surface area contributed by atoms with Gasteiger partial charge in [-0.25, -0.2) is 9.97 Å². The topological polar surface area (TPSA) is 46.1 Å².